The van der Waals surface area contributed by atoms with E-state index in [0.717, 1.165) is 0 Å². The molecule has 5 heteroatoms. The molecule has 70 valence electrons. The van der Waals surface area contributed by atoms with E-state index in [1.165, 1.54) is 23.4 Å². The summed E-state index contributed by atoms with van der Waals surface area (Å²) in [6.45, 7) is 0. The number of aryl methyl sites for hydroxylation is 1. The number of carbonyl (C=O) groups is 1. The van der Waals surface area contributed by atoms with Gasteiger partial charge in [-0.05, 0) is 6.07 Å². The predicted octanol–water partition coefficient (Wildman–Crippen LogP) is 0.441. The molecule has 0 aliphatic heterocycles. The van der Waals surface area contributed by atoms with E-state index in [1.54, 1.807) is 19.3 Å². The lowest BCUT2D eigenvalue weighted by atomic mass is 10.2. The molecular formula is C9H8N4O. The highest BCUT2D eigenvalue weighted by Gasteiger charge is 2.12. The lowest BCUT2D eigenvalue weighted by Crippen LogP contribution is -2.08. The van der Waals surface area contributed by atoms with E-state index in [0.29, 0.717) is 11.3 Å². The van der Waals surface area contributed by atoms with Gasteiger partial charge in [-0.2, -0.15) is 5.10 Å². The molecule has 0 aliphatic rings. The third-order valence-electron chi connectivity index (χ3n) is 1.88. The normalized spacial score (nSPS) is 10.1. The number of nitrogens with zero attached hydrogens (tertiary/aromatic N) is 4. The summed E-state index contributed by atoms with van der Waals surface area (Å²) in [6, 6.07) is 1.66. The van der Waals surface area contributed by atoms with Gasteiger partial charge in [0.25, 0.3) is 0 Å². The van der Waals surface area contributed by atoms with Crippen LogP contribution in [0.5, 0.6) is 0 Å². The lowest BCUT2D eigenvalue weighted by molar-refractivity contribution is 0.102. The second kappa shape index (κ2) is 3.37. The molecule has 0 amide bonds. The lowest BCUT2D eigenvalue weighted by Gasteiger charge is -1.99. The highest BCUT2D eigenvalue weighted by Crippen LogP contribution is 2.05. The zero-order valence-corrected chi connectivity index (χ0v) is 7.58. The fraction of sp³-hybridized carbons (Fsp3) is 0.111. The standard InChI is InChI=1S/C9H8N4O/c1-13-8(2-3-12-13)9(14)7-4-10-6-11-5-7/h2-6H,1H3. The SMILES string of the molecule is Cn1nccc1C(=O)c1cncnc1. The molecule has 0 bridgehead atoms. The van der Waals surface area contributed by atoms with Gasteiger partial charge in [-0.1, -0.05) is 0 Å². The van der Waals surface area contributed by atoms with Crippen LogP contribution in [-0.2, 0) is 7.05 Å². The van der Waals surface area contributed by atoms with Crippen LogP contribution in [0.3, 0.4) is 0 Å². The van der Waals surface area contributed by atoms with Crippen molar-refractivity contribution in [3.8, 4) is 0 Å². The smallest absolute Gasteiger partial charge is 0.214 e. The average molecular weight is 188 g/mol. The Kier molecular flexibility index (Phi) is 2.06. The van der Waals surface area contributed by atoms with Gasteiger partial charge in [0.1, 0.15) is 12.0 Å². The van der Waals surface area contributed by atoms with Crippen LogP contribution in [0.15, 0.2) is 31.0 Å². The summed E-state index contributed by atoms with van der Waals surface area (Å²) in [7, 11) is 1.72. The third-order valence-corrected chi connectivity index (χ3v) is 1.88. The molecule has 0 N–H and O–H groups in total. The van der Waals surface area contributed by atoms with E-state index in [-0.39, 0.29) is 5.78 Å². The molecule has 0 aliphatic carbocycles. The molecule has 2 rings (SSSR count). The monoisotopic (exact) mass is 188 g/mol. The number of aromatic nitrogens is 4. The van der Waals surface area contributed by atoms with E-state index in [9.17, 15) is 4.79 Å². The number of hydrogen-bond acceptors (Lipinski definition) is 4. The van der Waals surface area contributed by atoms with Gasteiger partial charge >= 0.3 is 0 Å². The molecule has 0 saturated carbocycles. The molecule has 0 atom stereocenters. The molecule has 0 spiro atoms. The van der Waals surface area contributed by atoms with Crippen LogP contribution in [0.25, 0.3) is 0 Å². The van der Waals surface area contributed by atoms with Gasteiger partial charge in [0.05, 0.1) is 5.56 Å². The molecule has 2 aromatic rings. The fourth-order valence-corrected chi connectivity index (χ4v) is 1.16. The summed E-state index contributed by atoms with van der Waals surface area (Å²) in [4.78, 5) is 19.4. The van der Waals surface area contributed by atoms with Gasteiger partial charge in [0.2, 0.25) is 5.78 Å². The molecular weight excluding hydrogens is 180 g/mol. The predicted molar refractivity (Wildman–Crippen MR) is 48.7 cm³/mol. The first-order chi connectivity index (χ1) is 6.79. The highest BCUT2D eigenvalue weighted by atomic mass is 16.1. The number of hydrogen-bond donors (Lipinski definition) is 0. The Hall–Kier alpha value is -2.04. The maximum Gasteiger partial charge on any atom is 0.214 e. The van der Waals surface area contributed by atoms with Gasteiger partial charge in [0, 0.05) is 25.6 Å². The second-order valence-electron chi connectivity index (χ2n) is 2.80. The molecule has 0 radical (unpaired) electrons. The molecule has 2 heterocycles. The number of ketones is 1. The van der Waals surface area contributed by atoms with Crippen LogP contribution in [0, 0.1) is 0 Å². The minimum absolute atomic E-state index is 0.120. The first-order valence-corrected chi connectivity index (χ1v) is 4.07. The highest BCUT2D eigenvalue weighted by molar-refractivity contribution is 6.07. The van der Waals surface area contributed by atoms with Crippen molar-refractivity contribution in [1.82, 2.24) is 19.7 Å². The van der Waals surface area contributed by atoms with Crippen LogP contribution in [0.2, 0.25) is 0 Å². The Morgan fingerprint density at radius 1 is 1.36 bits per heavy atom. The first-order valence-electron chi connectivity index (χ1n) is 4.07. The fourth-order valence-electron chi connectivity index (χ4n) is 1.16. The molecule has 0 fully saturated rings. The summed E-state index contributed by atoms with van der Waals surface area (Å²) in [5.41, 5.74) is 0.996. The summed E-state index contributed by atoms with van der Waals surface area (Å²) in [6.07, 6.45) is 5.95. The maximum absolute atomic E-state index is 11.8. The molecule has 0 saturated heterocycles. The molecule has 2 aromatic heterocycles. The molecule has 0 aromatic carbocycles. The van der Waals surface area contributed by atoms with Crippen LogP contribution in [0.4, 0.5) is 0 Å². The van der Waals surface area contributed by atoms with Crippen molar-refractivity contribution in [2.45, 2.75) is 0 Å². The zero-order chi connectivity index (χ0) is 9.97. The third kappa shape index (κ3) is 1.39. The van der Waals surface area contributed by atoms with Crippen molar-refractivity contribution in [2.24, 2.45) is 7.05 Å². The Labute approximate surface area is 80.4 Å². The van der Waals surface area contributed by atoms with Gasteiger partial charge in [0.15, 0.2) is 0 Å². The Bertz CT molecular complexity index is 449. The molecule has 5 nitrogen and oxygen atoms in total. The van der Waals surface area contributed by atoms with Crippen LogP contribution < -0.4 is 0 Å². The largest absolute Gasteiger partial charge is 0.287 e. The molecule has 0 unspecified atom stereocenters. The van der Waals surface area contributed by atoms with Crippen molar-refractivity contribution in [3.05, 3.63) is 42.2 Å². The first kappa shape index (κ1) is 8.55. The number of carbonyl (C=O) groups excluding carboxylic acids is 1. The number of rotatable bonds is 2. The van der Waals surface area contributed by atoms with E-state index in [4.69, 9.17) is 0 Å². The summed E-state index contributed by atoms with van der Waals surface area (Å²) >= 11 is 0. The Morgan fingerprint density at radius 2 is 2.07 bits per heavy atom. The van der Waals surface area contributed by atoms with Crippen LogP contribution in [0.1, 0.15) is 16.1 Å². The summed E-state index contributed by atoms with van der Waals surface area (Å²) < 4.78 is 1.52. The van der Waals surface area contributed by atoms with Gasteiger partial charge in [-0.15, -0.1) is 0 Å². The van der Waals surface area contributed by atoms with Gasteiger partial charge < -0.3 is 0 Å². The summed E-state index contributed by atoms with van der Waals surface area (Å²) in [5, 5.41) is 3.92. The minimum atomic E-state index is -0.120. The maximum atomic E-state index is 11.8. The molecule has 14 heavy (non-hydrogen) atoms. The second-order valence-corrected chi connectivity index (χ2v) is 2.80. The average Bonchev–Trinajstić information content (AvgIpc) is 2.65. The minimum Gasteiger partial charge on any atom is -0.287 e. The van der Waals surface area contributed by atoms with Crippen molar-refractivity contribution < 1.29 is 4.79 Å². The van der Waals surface area contributed by atoms with E-state index in [2.05, 4.69) is 15.1 Å². The van der Waals surface area contributed by atoms with Gasteiger partial charge in [-0.3, -0.25) is 9.48 Å². The van der Waals surface area contributed by atoms with Crippen molar-refractivity contribution in [2.75, 3.05) is 0 Å². The van der Waals surface area contributed by atoms with Crippen molar-refractivity contribution in [1.29, 1.82) is 0 Å². The summed E-state index contributed by atoms with van der Waals surface area (Å²) in [5.74, 6) is -0.120. The Balaban J connectivity index is 2.39. The quantitative estimate of drug-likeness (QED) is 0.641. The van der Waals surface area contributed by atoms with E-state index >= 15 is 0 Å². The van der Waals surface area contributed by atoms with Crippen LogP contribution >= 0.6 is 0 Å². The van der Waals surface area contributed by atoms with Gasteiger partial charge in [-0.25, -0.2) is 9.97 Å². The van der Waals surface area contributed by atoms with Crippen molar-refractivity contribution in [3.63, 3.8) is 0 Å². The van der Waals surface area contributed by atoms with E-state index < -0.39 is 0 Å². The van der Waals surface area contributed by atoms with E-state index in [1.807, 2.05) is 0 Å². The van der Waals surface area contributed by atoms with Crippen molar-refractivity contribution >= 4 is 5.78 Å². The topological polar surface area (TPSA) is 60.7 Å². The van der Waals surface area contributed by atoms with Crippen LogP contribution in [-0.4, -0.2) is 25.5 Å². The Morgan fingerprint density at radius 3 is 2.64 bits per heavy atom. The zero-order valence-electron chi connectivity index (χ0n) is 7.58.